The Morgan fingerprint density at radius 3 is 2.53 bits per heavy atom. The van der Waals surface area contributed by atoms with Gasteiger partial charge in [-0.2, -0.15) is 0 Å². The second-order valence-corrected chi connectivity index (χ2v) is 5.82. The molecule has 0 saturated heterocycles. The predicted octanol–water partition coefficient (Wildman–Crippen LogP) is 1.65. The number of pyridine rings is 1. The summed E-state index contributed by atoms with van der Waals surface area (Å²) in [6.45, 7) is 2.21. The molecule has 0 bridgehead atoms. The van der Waals surface area contributed by atoms with E-state index in [-0.39, 0.29) is 4.90 Å². The first-order valence-electron chi connectivity index (χ1n) is 5.75. The molecule has 0 amide bonds. The summed E-state index contributed by atoms with van der Waals surface area (Å²) in [5.41, 5.74) is 7.86. The Balaban J connectivity index is 2.35. The average Bonchev–Trinajstić information content (AvgIpc) is 2.39. The van der Waals surface area contributed by atoms with Gasteiger partial charge in [-0.3, -0.25) is 9.71 Å². The predicted molar refractivity (Wildman–Crippen MR) is 74.1 cm³/mol. The van der Waals surface area contributed by atoms with Crippen molar-refractivity contribution >= 4 is 15.7 Å². The summed E-state index contributed by atoms with van der Waals surface area (Å²) in [6, 6.07) is 8.10. The molecule has 0 fully saturated rings. The maximum Gasteiger partial charge on any atom is 0.261 e. The second kappa shape index (κ2) is 5.38. The first kappa shape index (κ1) is 13.5. The quantitative estimate of drug-likeness (QED) is 0.889. The summed E-state index contributed by atoms with van der Waals surface area (Å²) in [5.74, 6) is 0. The van der Waals surface area contributed by atoms with Gasteiger partial charge in [0, 0.05) is 18.9 Å². The zero-order valence-electron chi connectivity index (χ0n) is 10.5. The molecule has 6 heteroatoms. The summed E-state index contributed by atoms with van der Waals surface area (Å²) < 4.78 is 26.9. The number of rotatable bonds is 4. The number of aryl methyl sites for hydroxylation is 1. The molecule has 3 N–H and O–H groups in total. The number of anilines is 1. The number of aromatic nitrogens is 1. The molecule has 1 aromatic carbocycles. The molecule has 100 valence electrons. The summed E-state index contributed by atoms with van der Waals surface area (Å²) in [4.78, 5) is 4.04. The van der Waals surface area contributed by atoms with E-state index in [9.17, 15) is 8.42 Å². The van der Waals surface area contributed by atoms with Crippen LogP contribution in [0.1, 0.15) is 11.1 Å². The van der Waals surface area contributed by atoms with Gasteiger partial charge in [-0.1, -0.05) is 6.07 Å². The van der Waals surface area contributed by atoms with E-state index in [0.717, 1.165) is 11.1 Å². The van der Waals surface area contributed by atoms with Gasteiger partial charge in [-0.05, 0) is 42.3 Å². The molecule has 2 aromatic rings. The number of benzene rings is 1. The smallest absolute Gasteiger partial charge is 0.261 e. The van der Waals surface area contributed by atoms with Crippen LogP contribution in [0.3, 0.4) is 0 Å². The lowest BCUT2D eigenvalue weighted by Gasteiger charge is -2.10. The van der Waals surface area contributed by atoms with Crippen LogP contribution in [0.25, 0.3) is 0 Å². The number of hydrogen-bond acceptors (Lipinski definition) is 4. The fraction of sp³-hybridized carbons (Fsp3) is 0.154. The Kier molecular flexibility index (Phi) is 3.82. The maximum absolute atomic E-state index is 12.2. The highest BCUT2D eigenvalue weighted by Crippen LogP contribution is 2.18. The Morgan fingerprint density at radius 2 is 1.89 bits per heavy atom. The van der Waals surface area contributed by atoms with E-state index < -0.39 is 10.0 Å². The van der Waals surface area contributed by atoms with Gasteiger partial charge < -0.3 is 5.73 Å². The van der Waals surface area contributed by atoms with Gasteiger partial charge in [0.05, 0.1) is 10.6 Å². The van der Waals surface area contributed by atoms with Crippen LogP contribution in [-0.2, 0) is 16.6 Å². The fourth-order valence-corrected chi connectivity index (χ4v) is 2.78. The summed E-state index contributed by atoms with van der Waals surface area (Å²) >= 11 is 0. The van der Waals surface area contributed by atoms with Gasteiger partial charge in [0.25, 0.3) is 10.0 Å². The lowest BCUT2D eigenvalue weighted by Crippen LogP contribution is -2.14. The minimum atomic E-state index is -3.60. The van der Waals surface area contributed by atoms with E-state index in [0.29, 0.717) is 12.2 Å². The van der Waals surface area contributed by atoms with E-state index in [2.05, 4.69) is 9.71 Å². The lowest BCUT2D eigenvalue weighted by molar-refractivity contribution is 0.601. The first-order valence-corrected chi connectivity index (χ1v) is 7.23. The van der Waals surface area contributed by atoms with Crippen LogP contribution in [0.5, 0.6) is 0 Å². The minimum absolute atomic E-state index is 0.204. The van der Waals surface area contributed by atoms with E-state index in [1.54, 1.807) is 30.3 Å². The largest absolute Gasteiger partial charge is 0.326 e. The normalized spacial score (nSPS) is 11.3. The minimum Gasteiger partial charge on any atom is -0.326 e. The van der Waals surface area contributed by atoms with Crippen LogP contribution in [-0.4, -0.2) is 13.4 Å². The Labute approximate surface area is 112 Å². The van der Waals surface area contributed by atoms with Crippen molar-refractivity contribution in [1.29, 1.82) is 0 Å². The van der Waals surface area contributed by atoms with Gasteiger partial charge in [0.2, 0.25) is 0 Å². The van der Waals surface area contributed by atoms with Gasteiger partial charge >= 0.3 is 0 Å². The molecule has 19 heavy (non-hydrogen) atoms. The van der Waals surface area contributed by atoms with Crippen LogP contribution >= 0.6 is 0 Å². The van der Waals surface area contributed by atoms with E-state index in [1.807, 2.05) is 6.92 Å². The van der Waals surface area contributed by atoms with Crippen molar-refractivity contribution in [2.75, 3.05) is 4.72 Å². The molecule has 0 spiro atoms. The van der Waals surface area contributed by atoms with E-state index >= 15 is 0 Å². The first-order chi connectivity index (χ1) is 9.03. The van der Waals surface area contributed by atoms with Gasteiger partial charge in [-0.15, -0.1) is 0 Å². The molecule has 5 nitrogen and oxygen atoms in total. The summed E-state index contributed by atoms with van der Waals surface area (Å²) in [7, 11) is -3.60. The Hall–Kier alpha value is -1.92. The molecule has 1 heterocycles. The summed E-state index contributed by atoms with van der Waals surface area (Å²) in [5, 5.41) is 0. The van der Waals surface area contributed by atoms with Crippen LogP contribution in [0.4, 0.5) is 5.69 Å². The van der Waals surface area contributed by atoms with Crippen molar-refractivity contribution in [3.05, 3.63) is 53.9 Å². The third-order valence-electron chi connectivity index (χ3n) is 2.78. The second-order valence-electron chi connectivity index (χ2n) is 4.13. The fourth-order valence-electron chi connectivity index (χ4n) is 1.67. The van der Waals surface area contributed by atoms with Crippen molar-refractivity contribution in [3.63, 3.8) is 0 Å². The maximum atomic E-state index is 12.2. The molecule has 1 aromatic heterocycles. The number of nitrogens with one attached hydrogen (secondary N) is 1. The van der Waals surface area contributed by atoms with Crippen molar-refractivity contribution < 1.29 is 8.42 Å². The van der Waals surface area contributed by atoms with Crippen LogP contribution in [0.2, 0.25) is 0 Å². The molecule has 0 aliphatic rings. The van der Waals surface area contributed by atoms with Gasteiger partial charge in [0.15, 0.2) is 0 Å². The zero-order valence-corrected chi connectivity index (χ0v) is 11.3. The Bertz CT molecular complexity index is 670. The van der Waals surface area contributed by atoms with Crippen molar-refractivity contribution in [3.8, 4) is 0 Å². The molecule has 0 saturated carbocycles. The van der Waals surface area contributed by atoms with Crippen LogP contribution < -0.4 is 10.5 Å². The number of hydrogen-bond donors (Lipinski definition) is 2. The highest BCUT2D eigenvalue weighted by Gasteiger charge is 2.15. The molecule has 0 unspecified atom stereocenters. The highest BCUT2D eigenvalue weighted by molar-refractivity contribution is 7.92. The van der Waals surface area contributed by atoms with Crippen LogP contribution in [0, 0.1) is 6.92 Å². The molecular weight excluding hydrogens is 262 g/mol. The third-order valence-corrected chi connectivity index (χ3v) is 4.16. The highest BCUT2D eigenvalue weighted by atomic mass is 32.2. The van der Waals surface area contributed by atoms with Crippen molar-refractivity contribution in [2.24, 2.45) is 5.73 Å². The van der Waals surface area contributed by atoms with Crippen LogP contribution in [0.15, 0.2) is 47.6 Å². The lowest BCUT2D eigenvalue weighted by atomic mass is 10.1. The number of nitrogens with two attached hydrogens (primary N) is 1. The molecule has 0 radical (unpaired) electrons. The monoisotopic (exact) mass is 277 g/mol. The van der Waals surface area contributed by atoms with Crippen molar-refractivity contribution in [1.82, 2.24) is 4.98 Å². The SMILES string of the molecule is Cc1ccc(S(=O)(=O)Nc2ccncc2)cc1CN. The molecule has 2 rings (SSSR count). The van der Waals surface area contributed by atoms with E-state index in [4.69, 9.17) is 5.73 Å². The van der Waals surface area contributed by atoms with E-state index in [1.165, 1.54) is 12.4 Å². The molecular formula is C13H15N3O2S. The third kappa shape index (κ3) is 3.10. The topological polar surface area (TPSA) is 85.1 Å². The summed E-state index contributed by atoms with van der Waals surface area (Å²) in [6.07, 6.45) is 3.05. The standard InChI is InChI=1S/C13H15N3O2S/c1-10-2-3-13(8-11(10)9-14)19(17,18)16-12-4-6-15-7-5-12/h2-8H,9,14H2,1H3,(H,15,16). The molecule has 0 aliphatic carbocycles. The van der Waals surface area contributed by atoms with Gasteiger partial charge in [0.1, 0.15) is 0 Å². The van der Waals surface area contributed by atoms with Gasteiger partial charge in [-0.25, -0.2) is 8.42 Å². The number of sulfonamides is 1. The van der Waals surface area contributed by atoms with Crippen molar-refractivity contribution in [2.45, 2.75) is 18.4 Å². The average molecular weight is 277 g/mol. The molecule has 0 aliphatic heterocycles. The zero-order chi connectivity index (χ0) is 13.9. The molecule has 0 atom stereocenters. The Morgan fingerprint density at radius 1 is 1.21 bits per heavy atom. The number of nitrogens with zero attached hydrogens (tertiary/aromatic N) is 1.